The van der Waals surface area contributed by atoms with E-state index in [1.165, 1.54) is 0 Å². The maximum atomic E-state index is 10.8. The quantitative estimate of drug-likeness (QED) is 0.611. The van der Waals surface area contributed by atoms with Crippen LogP contribution in [0, 0.1) is 0 Å². The molecule has 0 aliphatic carbocycles. The van der Waals surface area contributed by atoms with Crippen LogP contribution in [0.3, 0.4) is 0 Å². The first kappa shape index (κ1) is 14.7. The molecule has 1 aromatic carbocycles. The summed E-state index contributed by atoms with van der Waals surface area (Å²) in [5.41, 5.74) is 1.32. The Balaban J connectivity index is 2.51. The average molecular weight is 288 g/mol. The third-order valence-electron chi connectivity index (χ3n) is 3.12. The minimum atomic E-state index is -1.79. The van der Waals surface area contributed by atoms with E-state index in [-0.39, 0.29) is 0 Å². The van der Waals surface area contributed by atoms with Gasteiger partial charge in [0.05, 0.1) is 6.26 Å². The molecule has 0 saturated carbocycles. The van der Waals surface area contributed by atoms with Crippen LogP contribution >= 0.6 is 0 Å². The van der Waals surface area contributed by atoms with Gasteiger partial charge in [-0.15, -0.1) is 0 Å². The van der Waals surface area contributed by atoms with Crippen LogP contribution in [-0.2, 0) is 10.0 Å². The second kappa shape index (κ2) is 5.38. The first-order chi connectivity index (χ1) is 9.35. The highest BCUT2D eigenvalue weighted by Gasteiger charge is 2.36. The zero-order valence-electron chi connectivity index (χ0n) is 12.3. The van der Waals surface area contributed by atoms with E-state index in [2.05, 4.69) is 19.6 Å². The molecule has 0 saturated heterocycles. The molecule has 0 radical (unpaired) electrons. The van der Waals surface area contributed by atoms with Gasteiger partial charge in [-0.2, -0.15) is 0 Å². The third kappa shape index (κ3) is 3.08. The van der Waals surface area contributed by atoms with E-state index in [1.54, 1.807) is 12.3 Å². The summed E-state index contributed by atoms with van der Waals surface area (Å²) in [6.45, 7) is 8.47. The number of carbonyl (C=O) groups is 1. The van der Waals surface area contributed by atoms with Crippen molar-refractivity contribution in [1.82, 2.24) is 0 Å². The summed E-state index contributed by atoms with van der Waals surface area (Å²) in [5.74, 6) is 0.321. The van der Waals surface area contributed by atoms with Gasteiger partial charge in [0.2, 0.25) is 0 Å². The Bertz CT molecular complexity index is 583. The molecule has 0 bridgehead atoms. The van der Waals surface area contributed by atoms with Crippen LogP contribution in [0.2, 0.25) is 19.6 Å². The molecule has 2 rings (SSSR count). The Morgan fingerprint density at radius 1 is 1.15 bits per heavy atom. The van der Waals surface area contributed by atoms with Crippen LogP contribution < -0.4 is 0 Å². The van der Waals surface area contributed by atoms with Crippen LogP contribution in [0.1, 0.15) is 28.6 Å². The monoisotopic (exact) mass is 288 g/mol. The topological polar surface area (TPSA) is 39.4 Å². The van der Waals surface area contributed by atoms with Crippen LogP contribution in [0.4, 0.5) is 0 Å². The second-order valence-corrected chi connectivity index (χ2v) is 10.4. The predicted octanol–water partition coefficient (Wildman–Crippen LogP) is 4.21. The lowest BCUT2D eigenvalue weighted by atomic mass is 9.90. The molecule has 4 heteroatoms. The molecule has 0 amide bonds. The second-order valence-electron chi connectivity index (χ2n) is 5.97. The largest absolute Gasteiger partial charge is 0.461 e. The number of furan rings is 1. The van der Waals surface area contributed by atoms with E-state index in [0.717, 1.165) is 11.1 Å². The first-order valence-electron chi connectivity index (χ1n) is 6.65. The lowest BCUT2D eigenvalue weighted by molar-refractivity contribution is 0.110. The Morgan fingerprint density at radius 3 is 2.30 bits per heavy atom. The summed E-state index contributed by atoms with van der Waals surface area (Å²) in [6.07, 6.45) is 2.32. The van der Waals surface area contributed by atoms with Crippen LogP contribution in [0.25, 0.3) is 0 Å². The van der Waals surface area contributed by atoms with E-state index in [9.17, 15) is 4.79 Å². The highest BCUT2D eigenvalue weighted by atomic mass is 28.4. The zero-order chi connectivity index (χ0) is 14.8. The smallest absolute Gasteiger partial charge is 0.185 e. The molecule has 1 aromatic heterocycles. The molecule has 0 aliphatic rings. The zero-order valence-corrected chi connectivity index (χ0v) is 13.3. The van der Waals surface area contributed by atoms with Crippen molar-refractivity contribution in [3.05, 3.63) is 59.5 Å². The SMILES string of the molecule is CC(O[Si](C)(C)C)(c1ccccc1)c1coc(C=O)c1. The van der Waals surface area contributed by atoms with E-state index in [0.29, 0.717) is 12.0 Å². The van der Waals surface area contributed by atoms with E-state index < -0.39 is 13.9 Å². The van der Waals surface area contributed by atoms with Crippen molar-refractivity contribution in [3.8, 4) is 0 Å². The highest BCUT2D eigenvalue weighted by molar-refractivity contribution is 6.69. The molecule has 106 valence electrons. The fourth-order valence-electron chi connectivity index (χ4n) is 2.32. The van der Waals surface area contributed by atoms with Crippen molar-refractivity contribution in [1.29, 1.82) is 0 Å². The molecule has 2 aromatic rings. The van der Waals surface area contributed by atoms with Gasteiger partial charge >= 0.3 is 0 Å². The van der Waals surface area contributed by atoms with Crippen molar-refractivity contribution in [2.75, 3.05) is 0 Å². The van der Waals surface area contributed by atoms with Gasteiger partial charge in [0.15, 0.2) is 20.4 Å². The van der Waals surface area contributed by atoms with E-state index in [1.807, 2.05) is 37.3 Å². The van der Waals surface area contributed by atoms with Crippen molar-refractivity contribution < 1.29 is 13.6 Å². The first-order valence-corrected chi connectivity index (χ1v) is 10.1. The molecule has 1 atom stereocenters. The number of hydrogen-bond donors (Lipinski definition) is 0. The fourth-order valence-corrected chi connectivity index (χ4v) is 3.78. The Labute approximate surface area is 120 Å². The molecular weight excluding hydrogens is 268 g/mol. The number of rotatable bonds is 5. The van der Waals surface area contributed by atoms with Gasteiger partial charge in [-0.3, -0.25) is 4.79 Å². The van der Waals surface area contributed by atoms with Gasteiger partial charge in [0.1, 0.15) is 5.60 Å². The number of benzene rings is 1. The number of hydrogen-bond acceptors (Lipinski definition) is 3. The van der Waals surface area contributed by atoms with Gasteiger partial charge in [-0.05, 0) is 38.2 Å². The summed E-state index contributed by atoms with van der Waals surface area (Å²) in [5, 5.41) is 0. The van der Waals surface area contributed by atoms with Crippen molar-refractivity contribution in [2.24, 2.45) is 0 Å². The molecule has 0 fully saturated rings. The van der Waals surface area contributed by atoms with Gasteiger partial charge in [-0.25, -0.2) is 0 Å². The van der Waals surface area contributed by atoms with E-state index in [4.69, 9.17) is 8.84 Å². The summed E-state index contributed by atoms with van der Waals surface area (Å²) in [7, 11) is -1.79. The highest BCUT2D eigenvalue weighted by Crippen LogP contribution is 2.36. The molecular formula is C16H20O3Si. The molecule has 1 unspecified atom stereocenters. The number of carbonyl (C=O) groups excluding carboxylic acids is 1. The van der Waals surface area contributed by atoms with Crippen LogP contribution in [-0.4, -0.2) is 14.6 Å². The van der Waals surface area contributed by atoms with Gasteiger partial charge in [0.25, 0.3) is 0 Å². The molecule has 1 heterocycles. The lowest BCUT2D eigenvalue weighted by Crippen LogP contribution is -2.39. The summed E-state index contributed by atoms with van der Waals surface area (Å²) in [6, 6.07) is 11.8. The number of aldehydes is 1. The van der Waals surface area contributed by atoms with Gasteiger partial charge in [0, 0.05) is 5.56 Å². The van der Waals surface area contributed by atoms with Crippen LogP contribution in [0.5, 0.6) is 0 Å². The Kier molecular flexibility index (Phi) is 3.97. The summed E-state index contributed by atoms with van der Waals surface area (Å²) in [4.78, 5) is 10.8. The van der Waals surface area contributed by atoms with Gasteiger partial charge in [-0.1, -0.05) is 30.3 Å². The Morgan fingerprint density at radius 2 is 1.80 bits per heavy atom. The standard InChI is InChI=1S/C16H20O3Si/c1-16(19-20(2,3)4,13-8-6-5-7-9-13)14-10-15(11-17)18-12-14/h5-12H,1-4H3. The van der Waals surface area contributed by atoms with Crippen molar-refractivity contribution >= 4 is 14.6 Å². The van der Waals surface area contributed by atoms with Crippen molar-refractivity contribution in [3.63, 3.8) is 0 Å². The molecule has 0 N–H and O–H groups in total. The van der Waals surface area contributed by atoms with Crippen LogP contribution in [0.15, 0.2) is 47.1 Å². The molecule has 3 nitrogen and oxygen atoms in total. The van der Waals surface area contributed by atoms with E-state index >= 15 is 0 Å². The maximum Gasteiger partial charge on any atom is 0.185 e. The minimum Gasteiger partial charge on any atom is -0.461 e. The molecule has 20 heavy (non-hydrogen) atoms. The van der Waals surface area contributed by atoms with Gasteiger partial charge < -0.3 is 8.84 Å². The summed E-state index contributed by atoms with van der Waals surface area (Å²) < 4.78 is 11.7. The molecule has 0 spiro atoms. The minimum absolute atomic E-state index is 0.321. The predicted molar refractivity (Wildman–Crippen MR) is 81.4 cm³/mol. The average Bonchev–Trinajstić information content (AvgIpc) is 2.87. The third-order valence-corrected chi connectivity index (χ3v) is 4.14. The lowest BCUT2D eigenvalue weighted by Gasteiger charge is -2.36. The summed E-state index contributed by atoms with van der Waals surface area (Å²) >= 11 is 0. The van der Waals surface area contributed by atoms with Crippen molar-refractivity contribution in [2.45, 2.75) is 32.2 Å². The Hall–Kier alpha value is -1.65. The normalized spacial score (nSPS) is 14.8. The fraction of sp³-hybridized carbons (Fsp3) is 0.312. The maximum absolute atomic E-state index is 10.8. The molecule has 0 aliphatic heterocycles.